The first-order valence-corrected chi connectivity index (χ1v) is 8.85. The lowest BCUT2D eigenvalue weighted by molar-refractivity contribution is -0.534. The predicted octanol–water partition coefficient (Wildman–Crippen LogP) is 2.00. The zero-order valence-electron chi connectivity index (χ0n) is 15.4. The van der Waals surface area contributed by atoms with Gasteiger partial charge in [0.2, 0.25) is 0 Å². The fourth-order valence-electron chi connectivity index (χ4n) is 4.56. The number of para-hydroxylation sites is 1. The van der Waals surface area contributed by atoms with Crippen molar-refractivity contribution in [1.29, 1.82) is 0 Å². The summed E-state index contributed by atoms with van der Waals surface area (Å²) in [7, 11) is 3.03. The third-order valence-electron chi connectivity index (χ3n) is 5.80. The number of likely N-dealkylation sites (N-methyl/N-ethyl adjacent to an activating group) is 1. The lowest BCUT2D eigenvalue weighted by Gasteiger charge is -2.30. The van der Waals surface area contributed by atoms with Gasteiger partial charge in [0.05, 0.1) is 18.6 Å². The molecule has 1 saturated heterocycles. The minimum Gasteiger partial charge on any atom is -0.465 e. The number of rotatable bonds is 3. The molecular weight excluding hydrogens is 362 g/mol. The van der Waals surface area contributed by atoms with Crippen LogP contribution in [0.1, 0.15) is 27.4 Å². The Kier molecular flexibility index (Phi) is 4.15. The number of carbonyl (C=O) groups is 2. The molecule has 3 atom stereocenters. The van der Waals surface area contributed by atoms with E-state index in [9.17, 15) is 19.7 Å². The Morgan fingerprint density at radius 1 is 1.25 bits per heavy atom. The molecule has 8 nitrogen and oxygen atoms in total. The van der Waals surface area contributed by atoms with Crippen LogP contribution in [-0.2, 0) is 15.1 Å². The zero-order chi connectivity index (χ0) is 20.1. The summed E-state index contributed by atoms with van der Waals surface area (Å²) in [6.07, 6.45) is 0. The number of hydrogen-bond donors (Lipinski definition) is 1. The molecule has 2 aromatic rings. The molecule has 0 unspecified atom stereocenters. The van der Waals surface area contributed by atoms with E-state index in [4.69, 9.17) is 4.74 Å². The summed E-state index contributed by atoms with van der Waals surface area (Å²) >= 11 is 0. The van der Waals surface area contributed by atoms with Crippen LogP contribution >= 0.6 is 0 Å². The molecule has 4 rings (SSSR count). The van der Waals surface area contributed by atoms with Gasteiger partial charge in [-0.1, -0.05) is 30.3 Å². The average molecular weight is 381 g/mol. The highest BCUT2D eigenvalue weighted by Crippen LogP contribution is 2.51. The molecule has 1 spiro atoms. The smallest absolute Gasteiger partial charge is 0.337 e. The monoisotopic (exact) mass is 381 g/mol. The summed E-state index contributed by atoms with van der Waals surface area (Å²) in [5.74, 6) is -1.36. The first kappa shape index (κ1) is 18.1. The van der Waals surface area contributed by atoms with Gasteiger partial charge in [-0.2, -0.15) is 0 Å². The SMILES string of the molecule is COC(=O)c1ccc([C@@H]2CN(C)[C@]3(C(=O)Nc4ccccc43)[C@H]2[N+](=O)[O-])cc1. The molecule has 2 aliphatic heterocycles. The number of esters is 1. The second kappa shape index (κ2) is 6.42. The van der Waals surface area contributed by atoms with Crippen molar-refractivity contribution in [2.75, 3.05) is 26.0 Å². The van der Waals surface area contributed by atoms with E-state index in [0.29, 0.717) is 28.9 Å². The van der Waals surface area contributed by atoms with Gasteiger partial charge in [0, 0.05) is 22.7 Å². The lowest BCUT2D eigenvalue weighted by atomic mass is 9.79. The van der Waals surface area contributed by atoms with Crippen LogP contribution in [-0.4, -0.2) is 48.4 Å². The molecule has 0 aliphatic carbocycles. The average Bonchev–Trinajstić information content (AvgIpc) is 3.17. The topological polar surface area (TPSA) is 102 Å². The van der Waals surface area contributed by atoms with Gasteiger partial charge in [0.15, 0.2) is 5.54 Å². The summed E-state index contributed by atoms with van der Waals surface area (Å²) < 4.78 is 4.70. The molecular formula is C20H19N3O5. The van der Waals surface area contributed by atoms with Crippen LogP contribution in [0.5, 0.6) is 0 Å². The van der Waals surface area contributed by atoms with Crippen LogP contribution in [0.3, 0.4) is 0 Å². The minimum absolute atomic E-state index is 0.338. The van der Waals surface area contributed by atoms with Crippen LogP contribution < -0.4 is 5.32 Å². The minimum atomic E-state index is -1.37. The molecule has 0 saturated carbocycles. The molecule has 0 bridgehead atoms. The van der Waals surface area contributed by atoms with Crippen molar-refractivity contribution in [2.45, 2.75) is 17.5 Å². The van der Waals surface area contributed by atoms with Crippen molar-refractivity contribution >= 4 is 17.6 Å². The summed E-state index contributed by atoms with van der Waals surface area (Å²) in [4.78, 5) is 38.3. The van der Waals surface area contributed by atoms with Gasteiger partial charge >= 0.3 is 5.97 Å². The van der Waals surface area contributed by atoms with Crippen LogP contribution in [0.4, 0.5) is 5.69 Å². The summed E-state index contributed by atoms with van der Waals surface area (Å²) in [6, 6.07) is 12.5. The molecule has 8 heteroatoms. The van der Waals surface area contributed by atoms with Crippen molar-refractivity contribution in [3.63, 3.8) is 0 Å². The Morgan fingerprint density at radius 3 is 2.57 bits per heavy atom. The molecule has 1 N–H and O–H groups in total. The maximum Gasteiger partial charge on any atom is 0.337 e. The standard InChI is InChI=1S/C20H19N3O5/c1-22-11-14(12-7-9-13(10-8-12)18(24)28-2)17(23(26)27)20(22)15-5-3-4-6-16(15)21-19(20)25/h3-10,14,17H,11H2,1-2H3,(H,21,25)/t14-,17-,20-/m0/s1. The van der Waals surface area contributed by atoms with Crippen molar-refractivity contribution in [1.82, 2.24) is 4.90 Å². The second-order valence-corrected chi connectivity index (χ2v) is 7.10. The number of ether oxygens (including phenoxy) is 1. The summed E-state index contributed by atoms with van der Waals surface area (Å²) in [6.45, 7) is 0.338. The highest BCUT2D eigenvalue weighted by Gasteiger charge is 2.68. The predicted molar refractivity (Wildman–Crippen MR) is 101 cm³/mol. The first-order chi connectivity index (χ1) is 13.4. The van der Waals surface area contributed by atoms with E-state index in [-0.39, 0.29) is 10.8 Å². The Hall–Kier alpha value is -3.26. The molecule has 1 amide bonds. The number of carbonyl (C=O) groups excluding carboxylic acids is 2. The summed E-state index contributed by atoms with van der Waals surface area (Å²) in [5.41, 5.74) is 0.932. The van der Waals surface area contributed by atoms with Crippen molar-refractivity contribution in [3.05, 3.63) is 75.3 Å². The fraction of sp³-hybridized carbons (Fsp3) is 0.300. The van der Waals surface area contributed by atoms with Crippen LogP contribution in [0.25, 0.3) is 0 Å². The van der Waals surface area contributed by atoms with E-state index in [1.807, 2.05) is 0 Å². The highest BCUT2D eigenvalue weighted by atomic mass is 16.6. The van der Waals surface area contributed by atoms with Gasteiger partial charge in [-0.15, -0.1) is 0 Å². The van der Waals surface area contributed by atoms with Crippen LogP contribution in [0, 0.1) is 10.1 Å². The van der Waals surface area contributed by atoms with E-state index in [1.165, 1.54) is 7.11 Å². The van der Waals surface area contributed by atoms with E-state index < -0.39 is 23.5 Å². The number of amides is 1. The number of methoxy groups -OCH3 is 1. The number of hydrogen-bond acceptors (Lipinski definition) is 6. The maximum atomic E-state index is 13.0. The van der Waals surface area contributed by atoms with E-state index >= 15 is 0 Å². The Labute approximate surface area is 161 Å². The van der Waals surface area contributed by atoms with Gasteiger partial charge in [0.1, 0.15) is 0 Å². The molecule has 0 aromatic heterocycles. The first-order valence-electron chi connectivity index (χ1n) is 8.85. The maximum absolute atomic E-state index is 13.0. The van der Waals surface area contributed by atoms with Gasteiger partial charge < -0.3 is 10.1 Å². The molecule has 2 aliphatic rings. The Bertz CT molecular complexity index is 974. The normalized spacial score (nSPS) is 26.1. The van der Waals surface area contributed by atoms with Gasteiger partial charge in [-0.05, 0) is 30.8 Å². The third kappa shape index (κ3) is 2.34. The number of fused-ring (bicyclic) bond motifs is 2. The molecule has 1 fully saturated rings. The van der Waals surface area contributed by atoms with Gasteiger partial charge in [-0.3, -0.25) is 19.8 Å². The number of anilines is 1. The quantitative estimate of drug-likeness (QED) is 0.496. The number of likely N-dealkylation sites (tertiary alicyclic amines) is 1. The highest BCUT2D eigenvalue weighted by molar-refractivity contribution is 6.06. The second-order valence-electron chi connectivity index (χ2n) is 7.10. The van der Waals surface area contributed by atoms with E-state index in [0.717, 1.165) is 0 Å². The van der Waals surface area contributed by atoms with Crippen molar-refractivity contribution in [3.8, 4) is 0 Å². The van der Waals surface area contributed by atoms with E-state index in [1.54, 1.807) is 60.5 Å². The van der Waals surface area contributed by atoms with E-state index in [2.05, 4.69) is 5.32 Å². The number of benzene rings is 2. The van der Waals surface area contributed by atoms with Gasteiger partial charge in [-0.25, -0.2) is 4.79 Å². The Morgan fingerprint density at radius 2 is 1.93 bits per heavy atom. The zero-order valence-corrected chi connectivity index (χ0v) is 15.4. The van der Waals surface area contributed by atoms with Crippen molar-refractivity contribution < 1.29 is 19.2 Å². The van der Waals surface area contributed by atoms with Gasteiger partial charge in [0.25, 0.3) is 11.9 Å². The summed E-state index contributed by atoms with van der Waals surface area (Å²) in [5, 5.41) is 15.0. The fourth-order valence-corrected chi connectivity index (χ4v) is 4.56. The lowest BCUT2D eigenvalue weighted by Crippen LogP contribution is -2.54. The number of nitro groups is 1. The van der Waals surface area contributed by atoms with Crippen molar-refractivity contribution in [2.24, 2.45) is 0 Å². The Balaban J connectivity index is 1.81. The molecule has 144 valence electrons. The van der Waals surface area contributed by atoms with Crippen LogP contribution in [0.2, 0.25) is 0 Å². The molecule has 2 aromatic carbocycles. The van der Waals surface area contributed by atoms with Crippen LogP contribution in [0.15, 0.2) is 48.5 Å². The molecule has 28 heavy (non-hydrogen) atoms. The molecule has 0 radical (unpaired) electrons. The number of nitrogens with zero attached hydrogens (tertiary/aromatic N) is 2. The molecule has 2 heterocycles. The third-order valence-corrected chi connectivity index (χ3v) is 5.80. The largest absolute Gasteiger partial charge is 0.465 e. The number of nitrogens with one attached hydrogen (secondary N) is 1.